The second-order valence-corrected chi connectivity index (χ2v) is 6.26. The van der Waals surface area contributed by atoms with Gasteiger partial charge in [0.15, 0.2) is 0 Å². The van der Waals surface area contributed by atoms with E-state index in [2.05, 4.69) is 32.6 Å². The summed E-state index contributed by atoms with van der Waals surface area (Å²) in [5.74, 6) is 0. The molecular formula is C14H26FN3O. The highest BCUT2D eigenvalue weighted by Crippen LogP contribution is 2.21. The molecule has 0 aliphatic carbocycles. The number of halogens is 1. The summed E-state index contributed by atoms with van der Waals surface area (Å²) in [6, 6.07) is 1.22. The first-order valence-corrected chi connectivity index (χ1v) is 7.35. The van der Waals surface area contributed by atoms with E-state index in [1.165, 1.54) is 0 Å². The fourth-order valence-corrected chi connectivity index (χ4v) is 3.60. The Morgan fingerprint density at radius 2 is 1.68 bits per heavy atom. The third kappa shape index (κ3) is 3.02. The molecule has 0 aromatic rings. The number of hydrogen-bond acceptors (Lipinski definition) is 2. The number of hydrogen-bond donors (Lipinski definition) is 0. The van der Waals surface area contributed by atoms with E-state index in [0.717, 1.165) is 13.1 Å². The second kappa shape index (κ2) is 5.65. The molecule has 2 amide bonds. The number of nitrogens with zero attached hydrogens (tertiary/aromatic N) is 3. The Kier molecular flexibility index (Phi) is 4.33. The molecule has 2 rings (SSSR count). The van der Waals surface area contributed by atoms with Gasteiger partial charge in [-0.2, -0.15) is 0 Å². The van der Waals surface area contributed by atoms with Gasteiger partial charge in [0.1, 0.15) is 6.17 Å². The number of carbonyl (C=O) groups is 1. The maximum absolute atomic E-state index is 13.2. The largest absolute Gasteiger partial charge is 0.322 e. The van der Waals surface area contributed by atoms with Gasteiger partial charge >= 0.3 is 6.03 Å². The Bertz CT molecular complexity index is 325. The van der Waals surface area contributed by atoms with E-state index >= 15 is 0 Å². The molecule has 2 aliphatic heterocycles. The summed E-state index contributed by atoms with van der Waals surface area (Å²) >= 11 is 0. The topological polar surface area (TPSA) is 26.8 Å². The van der Waals surface area contributed by atoms with Crippen molar-refractivity contribution < 1.29 is 9.18 Å². The van der Waals surface area contributed by atoms with Crippen LogP contribution in [0.1, 0.15) is 34.1 Å². The van der Waals surface area contributed by atoms with Gasteiger partial charge in [-0.15, -0.1) is 0 Å². The van der Waals surface area contributed by atoms with E-state index in [-0.39, 0.29) is 12.6 Å². The highest BCUT2D eigenvalue weighted by Gasteiger charge is 2.36. The first-order chi connectivity index (χ1) is 8.90. The van der Waals surface area contributed by atoms with E-state index in [1.807, 2.05) is 4.90 Å². The maximum Gasteiger partial charge on any atom is 0.320 e. The third-order valence-corrected chi connectivity index (χ3v) is 4.26. The minimum absolute atomic E-state index is 0.0160. The minimum atomic E-state index is -0.837. The Labute approximate surface area is 115 Å². The van der Waals surface area contributed by atoms with Crippen LogP contribution in [-0.4, -0.2) is 71.2 Å². The summed E-state index contributed by atoms with van der Waals surface area (Å²) in [6.45, 7) is 11.0. The standard InChI is InChI=1S/C14H26FN3O/c1-10(2)18-11(3)7-17(8-12(18)4)14(19)16-6-5-13(15)9-16/h10-13H,5-9H2,1-4H3/t11-,12+,13?. The molecule has 1 unspecified atom stereocenters. The highest BCUT2D eigenvalue weighted by atomic mass is 19.1. The van der Waals surface area contributed by atoms with Crippen molar-refractivity contribution in [3.8, 4) is 0 Å². The molecule has 2 saturated heterocycles. The van der Waals surface area contributed by atoms with E-state index < -0.39 is 6.17 Å². The van der Waals surface area contributed by atoms with Gasteiger partial charge in [-0.3, -0.25) is 4.90 Å². The lowest BCUT2D eigenvalue weighted by atomic mass is 10.1. The highest BCUT2D eigenvalue weighted by molar-refractivity contribution is 5.75. The average molecular weight is 271 g/mol. The quantitative estimate of drug-likeness (QED) is 0.729. The molecule has 5 heteroatoms. The van der Waals surface area contributed by atoms with Gasteiger partial charge in [-0.1, -0.05) is 0 Å². The van der Waals surface area contributed by atoms with E-state index in [1.54, 1.807) is 4.90 Å². The number of carbonyl (C=O) groups excluding carboxylic acids is 1. The van der Waals surface area contributed by atoms with Crippen molar-refractivity contribution in [1.82, 2.24) is 14.7 Å². The van der Waals surface area contributed by atoms with Gasteiger partial charge in [-0.05, 0) is 34.1 Å². The molecule has 2 heterocycles. The Morgan fingerprint density at radius 3 is 2.11 bits per heavy atom. The number of rotatable bonds is 1. The number of piperazine rings is 1. The zero-order valence-corrected chi connectivity index (χ0v) is 12.5. The summed E-state index contributed by atoms with van der Waals surface area (Å²) in [4.78, 5) is 18.4. The van der Waals surface area contributed by atoms with Crippen LogP contribution in [0.3, 0.4) is 0 Å². The van der Waals surface area contributed by atoms with Gasteiger partial charge in [0, 0.05) is 37.8 Å². The third-order valence-electron chi connectivity index (χ3n) is 4.26. The van der Waals surface area contributed by atoms with Crippen molar-refractivity contribution in [2.45, 2.75) is 58.4 Å². The lowest BCUT2D eigenvalue weighted by Gasteiger charge is -2.47. The molecule has 0 spiro atoms. The fraction of sp³-hybridized carbons (Fsp3) is 0.929. The molecule has 0 bridgehead atoms. The van der Waals surface area contributed by atoms with Crippen LogP contribution in [-0.2, 0) is 0 Å². The van der Waals surface area contributed by atoms with Crippen LogP contribution in [0.15, 0.2) is 0 Å². The molecule has 110 valence electrons. The van der Waals surface area contributed by atoms with Crippen LogP contribution in [0, 0.1) is 0 Å². The van der Waals surface area contributed by atoms with Gasteiger partial charge in [0.2, 0.25) is 0 Å². The molecule has 0 radical (unpaired) electrons. The van der Waals surface area contributed by atoms with Crippen LogP contribution in [0.2, 0.25) is 0 Å². The minimum Gasteiger partial charge on any atom is -0.322 e. The van der Waals surface area contributed by atoms with Crippen molar-refractivity contribution >= 4 is 6.03 Å². The fourth-order valence-electron chi connectivity index (χ4n) is 3.60. The summed E-state index contributed by atoms with van der Waals surface area (Å²) in [6.07, 6.45) is -0.348. The molecular weight excluding hydrogens is 245 g/mol. The average Bonchev–Trinajstić information content (AvgIpc) is 2.73. The first kappa shape index (κ1) is 14.6. The Hall–Kier alpha value is -0.840. The van der Waals surface area contributed by atoms with Gasteiger partial charge in [0.05, 0.1) is 6.54 Å². The van der Waals surface area contributed by atoms with Gasteiger partial charge in [-0.25, -0.2) is 9.18 Å². The van der Waals surface area contributed by atoms with Crippen LogP contribution >= 0.6 is 0 Å². The zero-order valence-electron chi connectivity index (χ0n) is 12.5. The second-order valence-electron chi connectivity index (χ2n) is 6.26. The first-order valence-electron chi connectivity index (χ1n) is 7.35. The summed E-state index contributed by atoms with van der Waals surface area (Å²) < 4.78 is 13.2. The zero-order chi connectivity index (χ0) is 14.2. The summed E-state index contributed by atoms with van der Waals surface area (Å²) in [5.41, 5.74) is 0. The van der Waals surface area contributed by atoms with E-state index in [4.69, 9.17) is 0 Å². The summed E-state index contributed by atoms with van der Waals surface area (Å²) in [7, 11) is 0. The smallest absolute Gasteiger partial charge is 0.320 e. The van der Waals surface area contributed by atoms with Crippen LogP contribution < -0.4 is 0 Å². The Balaban J connectivity index is 1.98. The predicted octanol–water partition coefficient (Wildman–Crippen LogP) is 1.95. The number of likely N-dealkylation sites (tertiary alicyclic amines) is 1. The lowest BCUT2D eigenvalue weighted by Crippen LogP contribution is -2.61. The number of alkyl halides is 1. The van der Waals surface area contributed by atoms with Crippen molar-refractivity contribution in [2.75, 3.05) is 26.2 Å². The molecule has 4 nitrogen and oxygen atoms in total. The van der Waals surface area contributed by atoms with Crippen LogP contribution in [0.5, 0.6) is 0 Å². The molecule has 2 fully saturated rings. The molecule has 3 atom stereocenters. The number of amides is 2. The summed E-state index contributed by atoms with van der Waals surface area (Å²) in [5, 5.41) is 0. The van der Waals surface area contributed by atoms with Crippen molar-refractivity contribution in [3.05, 3.63) is 0 Å². The molecule has 0 saturated carbocycles. The van der Waals surface area contributed by atoms with Crippen molar-refractivity contribution in [2.24, 2.45) is 0 Å². The number of urea groups is 1. The normalized spacial score (nSPS) is 33.3. The predicted molar refractivity (Wildman–Crippen MR) is 74.0 cm³/mol. The van der Waals surface area contributed by atoms with Gasteiger partial charge in [0.25, 0.3) is 0 Å². The van der Waals surface area contributed by atoms with Crippen LogP contribution in [0.25, 0.3) is 0 Å². The van der Waals surface area contributed by atoms with Crippen LogP contribution in [0.4, 0.5) is 9.18 Å². The van der Waals surface area contributed by atoms with Crippen molar-refractivity contribution in [3.63, 3.8) is 0 Å². The molecule has 0 aromatic heterocycles. The van der Waals surface area contributed by atoms with Gasteiger partial charge < -0.3 is 9.80 Å². The maximum atomic E-state index is 13.2. The Morgan fingerprint density at radius 1 is 1.11 bits per heavy atom. The van der Waals surface area contributed by atoms with Crippen molar-refractivity contribution in [1.29, 1.82) is 0 Å². The molecule has 0 N–H and O–H groups in total. The van der Waals surface area contributed by atoms with E-state index in [9.17, 15) is 9.18 Å². The molecule has 0 aromatic carbocycles. The SMILES string of the molecule is CC(C)N1[C@H](C)CN(C(=O)N2CCC(F)C2)C[C@@H]1C. The monoisotopic (exact) mass is 271 g/mol. The van der Waals surface area contributed by atoms with E-state index in [0.29, 0.717) is 31.1 Å². The lowest BCUT2D eigenvalue weighted by molar-refractivity contribution is 0.0251. The molecule has 2 aliphatic rings. The molecule has 19 heavy (non-hydrogen) atoms.